The van der Waals surface area contributed by atoms with Crippen molar-refractivity contribution in [2.45, 2.75) is 37.3 Å². The Bertz CT molecular complexity index is 1190. The van der Waals surface area contributed by atoms with Gasteiger partial charge in [0.05, 0.1) is 11.3 Å². The minimum absolute atomic E-state index is 0.156. The summed E-state index contributed by atoms with van der Waals surface area (Å²) in [6, 6.07) is 19.1. The lowest BCUT2D eigenvalue weighted by molar-refractivity contribution is 0.307. The molecule has 4 rings (SSSR count). The summed E-state index contributed by atoms with van der Waals surface area (Å²) in [5.41, 5.74) is 2.46. The number of nitrogens with one attached hydrogen (secondary N) is 1. The third-order valence-corrected chi connectivity index (χ3v) is 5.30. The van der Waals surface area contributed by atoms with Crippen LogP contribution < -0.4 is 10.3 Å². The van der Waals surface area contributed by atoms with Crippen LogP contribution in [-0.2, 0) is 18.8 Å². The van der Waals surface area contributed by atoms with Crippen molar-refractivity contribution >= 4 is 11.8 Å². The van der Waals surface area contributed by atoms with Crippen LogP contribution in [0, 0.1) is 0 Å². The molecular weight excluding hydrogens is 412 g/mol. The monoisotopic (exact) mass is 434 g/mol. The lowest BCUT2D eigenvalue weighted by Crippen LogP contribution is -2.09. The number of para-hydroxylation sites is 1. The van der Waals surface area contributed by atoms with E-state index < -0.39 is 0 Å². The summed E-state index contributed by atoms with van der Waals surface area (Å²) in [6.07, 6.45) is 1.70. The molecule has 7 nitrogen and oxygen atoms in total. The van der Waals surface area contributed by atoms with E-state index >= 15 is 0 Å². The van der Waals surface area contributed by atoms with Gasteiger partial charge in [-0.3, -0.25) is 4.79 Å². The van der Waals surface area contributed by atoms with Crippen LogP contribution in [0.15, 0.2) is 75.1 Å². The van der Waals surface area contributed by atoms with E-state index in [1.54, 1.807) is 0 Å². The number of benzene rings is 2. The van der Waals surface area contributed by atoms with Crippen LogP contribution in [0.5, 0.6) is 5.75 Å². The summed E-state index contributed by atoms with van der Waals surface area (Å²) in [6.45, 7) is 2.50. The van der Waals surface area contributed by atoms with Gasteiger partial charge in [0.25, 0.3) is 5.56 Å². The van der Waals surface area contributed by atoms with Gasteiger partial charge in [-0.2, -0.15) is 4.98 Å². The van der Waals surface area contributed by atoms with Crippen molar-refractivity contribution in [3.63, 3.8) is 0 Å². The van der Waals surface area contributed by atoms with Gasteiger partial charge in [0.1, 0.15) is 12.4 Å². The Balaban J connectivity index is 1.45. The number of aryl methyl sites for hydroxylation is 1. The summed E-state index contributed by atoms with van der Waals surface area (Å²) in [4.78, 5) is 23.5. The molecule has 2 aromatic carbocycles. The second-order valence-electron chi connectivity index (χ2n) is 6.86. The van der Waals surface area contributed by atoms with E-state index in [0.717, 1.165) is 29.7 Å². The maximum atomic E-state index is 11.8. The minimum atomic E-state index is -0.156. The summed E-state index contributed by atoms with van der Waals surface area (Å²) in [7, 11) is 0. The standard InChI is InChI=1S/C23H22N4O3S/c1-2-8-17-13-20(28)25-23(24-17)31-15-21-26-22(27-30-21)18-11-6-7-12-19(18)29-14-16-9-4-3-5-10-16/h3-7,9-13H,2,8,14-15H2,1H3,(H,24,25,28). The molecule has 0 radical (unpaired) electrons. The second-order valence-corrected chi connectivity index (χ2v) is 7.83. The number of H-pyrrole nitrogens is 1. The van der Waals surface area contributed by atoms with Gasteiger partial charge in [-0.05, 0) is 24.1 Å². The highest BCUT2D eigenvalue weighted by atomic mass is 32.2. The van der Waals surface area contributed by atoms with Gasteiger partial charge in [-0.1, -0.05) is 72.7 Å². The van der Waals surface area contributed by atoms with E-state index in [4.69, 9.17) is 9.26 Å². The number of thioether (sulfide) groups is 1. The fourth-order valence-corrected chi connectivity index (χ4v) is 3.73. The first-order valence-electron chi connectivity index (χ1n) is 10.0. The maximum absolute atomic E-state index is 11.8. The molecule has 0 unspecified atom stereocenters. The van der Waals surface area contributed by atoms with E-state index in [1.165, 1.54) is 17.8 Å². The summed E-state index contributed by atoms with van der Waals surface area (Å²) in [5, 5.41) is 4.65. The Morgan fingerprint density at radius 1 is 1.06 bits per heavy atom. The number of hydrogen-bond donors (Lipinski definition) is 1. The largest absolute Gasteiger partial charge is 0.488 e. The van der Waals surface area contributed by atoms with E-state index in [0.29, 0.717) is 35.0 Å². The van der Waals surface area contributed by atoms with Crippen LogP contribution in [0.1, 0.15) is 30.5 Å². The molecule has 2 aromatic heterocycles. The molecule has 2 heterocycles. The normalized spacial score (nSPS) is 10.9. The highest BCUT2D eigenvalue weighted by Gasteiger charge is 2.14. The molecule has 1 N–H and O–H groups in total. The van der Waals surface area contributed by atoms with Crippen molar-refractivity contribution in [1.82, 2.24) is 20.1 Å². The van der Waals surface area contributed by atoms with Gasteiger partial charge in [0.2, 0.25) is 11.7 Å². The fraction of sp³-hybridized carbons (Fsp3) is 0.217. The number of aromatic amines is 1. The zero-order valence-corrected chi connectivity index (χ0v) is 17.9. The maximum Gasteiger partial charge on any atom is 0.251 e. The molecule has 0 saturated carbocycles. The SMILES string of the molecule is CCCc1cc(=O)[nH]c(SCc2nc(-c3ccccc3OCc3ccccc3)no2)n1. The van der Waals surface area contributed by atoms with E-state index in [1.807, 2.05) is 54.6 Å². The van der Waals surface area contributed by atoms with E-state index in [-0.39, 0.29) is 5.56 Å². The minimum Gasteiger partial charge on any atom is -0.488 e. The van der Waals surface area contributed by atoms with Crippen molar-refractivity contribution in [3.8, 4) is 17.1 Å². The zero-order chi connectivity index (χ0) is 21.5. The summed E-state index contributed by atoms with van der Waals surface area (Å²) in [5.74, 6) is 1.99. The molecule has 0 aliphatic carbocycles. The van der Waals surface area contributed by atoms with Crippen LogP contribution in [0.2, 0.25) is 0 Å². The molecule has 4 aromatic rings. The Morgan fingerprint density at radius 2 is 1.87 bits per heavy atom. The predicted octanol–water partition coefficient (Wildman–Crippen LogP) is 4.64. The lowest BCUT2D eigenvalue weighted by Gasteiger charge is -2.09. The van der Waals surface area contributed by atoms with E-state index in [2.05, 4.69) is 27.0 Å². The van der Waals surface area contributed by atoms with Crippen LogP contribution >= 0.6 is 11.8 Å². The Labute approximate surface area is 183 Å². The summed E-state index contributed by atoms with van der Waals surface area (Å²) >= 11 is 1.35. The number of ether oxygens (including phenoxy) is 1. The average Bonchev–Trinajstić information content (AvgIpc) is 3.26. The first kappa shape index (κ1) is 20.9. The Kier molecular flexibility index (Phi) is 6.78. The van der Waals surface area contributed by atoms with E-state index in [9.17, 15) is 4.79 Å². The molecule has 0 amide bonds. The van der Waals surface area contributed by atoms with Gasteiger partial charge >= 0.3 is 0 Å². The van der Waals surface area contributed by atoms with Gasteiger partial charge in [0, 0.05) is 11.8 Å². The highest BCUT2D eigenvalue weighted by molar-refractivity contribution is 7.98. The molecule has 0 aliphatic rings. The molecule has 31 heavy (non-hydrogen) atoms. The topological polar surface area (TPSA) is 93.9 Å². The van der Waals surface area contributed by atoms with Crippen LogP contribution in [-0.4, -0.2) is 20.1 Å². The summed E-state index contributed by atoms with van der Waals surface area (Å²) < 4.78 is 11.4. The molecular formula is C23H22N4O3S. The van der Waals surface area contributed by atoms with Crippen LogP contribution in [0.3, 0.4) is 0 Å². The number of nitrogens with zero attached hydrogens (tertiary/aromatic N) is 3. The van der Waals surface area contributed by atoms with Crippen molar-refractivity contribution in [1.29, 1.82) is 0 Å². The van der Waals surface area contributed by atoms with Crippen LogP contribution in [0.4, 0.5) is 0 Å². The first-order valence-corrected chi connectivity index (χ1v) is 11.0. The third kappa shape index (κ3) is 5.61. The molecule has 0 spiro atoms. The van der Waals surface area contributed by atoms with Crippen molar-refractivity contribution in [2.75, 3.05) is 0 Å². The number of rotatable bonds is 9. The van der Waals surface area contributed by atoms with Crippen molar-refractivity contribution < 1.29 is 9.26 Å². The predicted molar refractivity (Wildman–Crippen MR) is 119 cm³/mol. The Morgan fingerprint density at radius 3 is 2.71 bits per heavy atom. The highest BCUT2D eigenvalue weighted by Crippen LogP contribution is 2.29. The van der Waals surface area contributed by atoms with Crippen molar-refractivity contribution in [3.05, 3.63) is 88.2 Å². The molecule has 158 valence electrons. The van der Waals surface area contributed by atoms with Gasteiger partial charge in [-0.25, -0.2) is 4.98 Å². The van der Waals surface area contributed by atoms with Gasteiger partial charge in [0.15, 0.2) is 5.16 Å². The zero-order valence-electron chi connectivity index (χ0n) is 17.1. The fourth-order valence-electron chi connectivity index (χ4n) is 3.00. The molecule has 0 aliphatic heterocycles. The first-order chi connectivity index (χ1) is 15.2. The van der Waals surface area contributed by atoms with Gasteiger partial charge in [-0.15, -0.1) is 0 Å². The molecule has 8 heteroatoms. The second kappa shape index (κ2) is 10.1. The molecule has 0 atom stereocenters. The van der Waals surface area contributed by atoms with Crippen LogP contribution in [0.25, 0.3) is 11.4 Å². The number of hydrogen-bond acceptors (Lipinski definition) is 7. The third-order valence-electron chi connectivity index (χ3n) is 4.44. The number of aromatic nitrogens is 4. The van der Waals surface area contributed by atoms with Crippen molar-refractivity contribution in [2.24, 2.45) is 0 Å². The molecule has 0 fully saturated rings. The molecule has 0 bridgehead atoms. The lowest BCUT2D eigenvalue weighted by atomic mass is 10.2. The average molecular weight is 435 g/mol. The smallest absolute Gasteiger partial charge is 0.251 e. The Hall–Kier alpha value is -3.39. The van der Waals surface area contributed by atoms with Gasteiger partial charge < -0.3 is 14.2 Å². The molecule has 0 saturated heterocycles. The quantitative estimate of drug-likeness (QED) is 0.303.